The molecule has 2 heterocycles. The van der Waals surface area contributed by atoms with Crippen LogP contribution < -0.4 is 5.43 Å². The number of phenols is 1. The molecule has 1 atom stereocenters. The van der Waals surface area contributed by atoms with Gasteiger partial charge >= 0.3 is 0 Å². The Hall–Kier alpha value is -3.86. The number of fused-ring (bicyclic) bond motifs is 2. The number of rotatable bonds is 3. The van der Waals surface area contributed by atoms with Gasteiger partial charge in [-0.25, -0.2) is 0 Å². The zero-order chi connectivity index (χ0) is 20.8. The van der Waals surface area contributed by atoms with Crippen LogP contribution >= 0.6 is 0 Å². The second kappa shape index (κ2) is 6.88. The third-order valence-electron chi connectivity index (χ3n) is 5.56. The quantitative estimate of drug-likeness (QED) is 0.550. The normalized spacial score (nSPS) is 15.6. The molecule has 3 aromatic carbocycles. The molecule has 1 aliphatic rings. The van der Waals surface area contributed by atoms with E-state index in [1.165, 1.54) is 0 Å². The van der Waals surface area contributed by atoms with Crippen LogP contribution in [0.5, 0.6) is 5.75 Å². The summed E-state index contributed by atoms with van der Waals surface area (Å²) >= 11 is 0. The lowest BCUT2D eigenvalue weighted by Gasteiger charge is -2.25. The van der Waals surface area contributed by atoms with Crippen molar-refractivity contribution in [1.29, 1.82) is 0 Å². The van der Waals surface area contributed by atoms with Gasteiger partial charge in [-0.1, -0.05) is 54.1 Å². The molecule has 0 fully saturated rings. The zero-order valence-electron chi connectivity index (χ0n) is 16.3. The second-order valence-corrected chi connectivity index (χ2v) is 7.58. The summed E-state index contributed by atoms with van der Waals surface area (Å²) in [6.45, 7) is 2.35. The summed E-state index contributed by atoms with van der Waals surface area (Å²) in [5.74, 6) is -0.102. The van der Waals surface area contributed by atoms with E-state index >= 15 is 0 Å². The number of phenolic OH excluding ortho intramolecular Hbond substituents is 1. The van der Waals surface area contributed by atoms with Gasteiger partial charge in [0, 0.05) is 6.54 Å². The average molecular weight is 397 g/mol. The summed E-state index contributed by atoms with van der Waals surface area (Å²) in [7, 11) is 0. The van der Waals surface area contributed by atoms with Gasteiger partial charge in [-0.05, 0) is 42.3 Å². The summed E-state index contributed by atoms with van der Waals surface area (Å²) in [5, 5.41) is 10.2. The third-order valence-corrected chi connectivity index (χ3v) is 5.56. The Kier molecular flexibility index (Phi) is 4.17. The number of aromatic hydroxyl groups is 1. The second-order valence-electron chi connectivity index (χ2n) is 7.58. The van der Waals surface area contributed by atoms with Crippen LogP contribution in [0.1, 0.15) is 38.9 Å². The van der Waals surface area contributed by atoms with E-state index in [1.54, 1.807) is 53.4 Å². The SMILES string of the molecule is Cc1ccc(CN2C(=O)c3oc4ccccc4c(=O)c3[C@@H]2c2ccc(O)cc2)cc1. The number of nitrogens with zero attached hydrogens (tertiary/aromatic N) is 1. The molecule has 0 saturated carbocycles. The van der Waals surface area contributed by atoms with Crippen molar-refractivity contribution in [2.75, 3.05) is 0 Å². The molecule has 30 heavy (non-hydrogen) atoms. The molecule has 0 aliphatic carbocycles. The lowest BCUT2D eigenvalue weighted by molar-refractivity contribution is 0.0714. The lowest BCUT2D eigenvalue weighted by atomic mass is 9.98. The molecular formula is C25H19NO4. The Balaban J connectivity index is 1.71. The number of carbonyl (C=O) groups is 1. The summed E-state index contributed by atoms with van der Waals surface area (Å²) in [6, 6.07) is 20.9. The Labute approximate surface area is 172 Å². The molecule has 148 valence electrons. The largest absolute Gasteiger partial charge is 0.508 e. The van der Waals surface area contributed by atoms with Crippen molar-refractivity contribution in [3.63, 3.8) is 0 Å². The number of hydrogen-bond donors (Lipinski definition) is 1. The predicted molar refractivity (Wildman–Crippen MR) is 113 cm³/mol. The fourth-order valence-corrected chi connectivity index (χ4v) is 4.02. The summed E-state index contributed by atoms with van der Waals surface area (Å²) in [5.41, 5.74) is 3.38. The van der Waals surface area contributed by atoms with Crippen LogP contribution in [0.25, 0.3) is 11.0 Å². The van der Waals surface area contributed by atoms with Crippen LogP contribution in [0.4, 0.5) is 0 Å². The van der Waals surface area contributed by atoms with Crippen LogP contribution in [-0.2, 0) is 6.54 Å². The maximum atomic E-state index is 13.4. The van der Waals surface area contributed by atoms with Gasteiger partial charge in [-0.2, -0.15) is 0 Å². The average Bonchev–Trinajstić information content (AvgIpc) is 3.03. The van der Waals surface area contributed by atoms with E-state index in [9.17, 15) is 14.7 Å². The molecule has 0 bridgehead atoms. The Bertz CT molecular complexity index is 1320. The number of hydrogen-bond acceptors (Lipinski definition) is 4. The van der Waals surface area contributed by atoms with Crippen LogP contribution in [-0.4, -0.2) is 15.9 Å². The maximum Gasteiger partial charge on any atom is 0.291 e. The van der Waals surface area contributed by atoms with Crippen molar-refractivity contribution in [1.82, 2.24) is 4.90 Å². The highest BCUT2D eigenvalue weighted by molar-refractivity contribution is 5.99. The van der Waals surface area contributed by atoms with Gasteiger partial charge in [-0.3, -0.25) is 9.59 Å². The summed E-state index contributed by atoms with van der Waals surface area (Å²) < 4.78 is 5.92. The minimum absolute atomic E-state index is 0.0869. The Morgan fingerprint density at radius 2 is 1.63 bits per heavy atom. The molecule has 1 amide bonds. The molecule has 5 heteroatoms. The first-order valence-electron chi connectivity index (χ1n) is 9.74. The lowest BCUT2D eigenvalue weighted by Crippen LogP contribution is -2.29. The topological polar surface area (TPSA) is 70.8 Å². The number of para-hydroxylation sites is 1. The van der Waals surface area contributed by atoms with Crippen molar-refractivity contribution in [3.8, 4) is 5.75 Å². The van der Waals surface area contributed by atoms with Crippen molar-refractivity contribution in [3.05, 3.63) is 111 Å². The van der Waals surface area contributed by atoms with Crippen molar-refractivity contribution < 1.29 is 14.3 Å². The number of benzene rings is 3. The highest BCUT2D eigenvalue weighted by Gasteiger charge is 2.42. The molecule has 0 saturated heterocycles. The molecule has 1 aliphatic heterocycles. The van der Waals surface area contributed by atoms with Crippen LogP contribution in [0.3, 0.4) is 0 Å². The van der Waals surface area contributed by atoms with Crippen molar-refractivity contribution in [2.45, 2.75) is 19.5 Å². The van der Waals surface area contributed by atoms with E-state index in [2.05, 4.69) is 0 Å². The van der Waals surface area contributed by atoms with Crippen molar-refractivity contribution in [2.24, 2.45) is 0 Å². The zero-order valence-corrected chi connectivity index (χ0v) is 16.3. The summed E-state index contributed by atoms with van der Waals surface area (Å²) in [4.78, 5) is 28.4. The highest BCUT2D eigenvalue weighted by Crippen LogP contribution is 2.39. The maximum absolute atomic E-state index is 13.4. The molecule has 4 aromatic rings. The first-order chi connectivity index (χ1) is 14.5. The Morgan fingerprint density at radius 1 is 0.933 bits per heavy atom. The predicted octanol–water partition coefficient (Wildman–Crippen LogP) is 4.55. The van der Waals surface area contributed by atoms with Crippen molar-refractivity contribution >= 4 is 16.9 Å². The minimum atomic E-state index is -0.588. The number of carbonyl (C=O) groups excluding carboxylic acids is 1. The van der Waals surface area contributed by atoms with E-state index in [0.29, 0.717) is 23.1 Å². The third kappa shape index (κ3) is 2.87. The first kappa shape index (κ1) is 18.2. The van der Waals surface area contributed by atoms with E-state index in [0.717, 1.165) is 16.7 Å². The van der Waals surface area contributed by atoms with Gasteiger partial charge in [0.2, 0.25) is 5.76 Å². The van der Waals surface area contributed by atoms with E-state index in [4.69, 9.17) is 4.42 Å². The van der Waals surface area contributed by atoms with Crippen LogP contribution in [0.2, 0.25) is 0 Å². The monoisotopic (exact) mass is 397 g/mol. The minimum Gasteiger partial charge on any atom is -0.508 e. The highest BCUT2D eigenvalue weighted by atomic mass is 16.3. The molecule has 1 aromatic heterocycles. The standard InChI is InChI=1S/C25H19NO4/c1-15-6-8-16(9-7-15)14-26-22(17-10-12-18(27)13-11-17)21-23(28)19-4-2-3-5-20(19)30-24(21)25(26)29/h2-13,22,27H,14H2,1H3/t22-/m0/s1. The summed E-state index contributed by atoms with van der Waals surface area (Å²) in [6.07, 6.45) is 0. The smallest absolute Gasteiger partial charge is 0.291 e. The molecule has 1 N–H and O–H groups in total. The van der Waals surface area contributed by atoms with Crippen LogP contribution in [0.15, 0.2) is 82.0 Å². The van der Waals surface area contributed by atoms with Gasteiger partial charge in [0.1, 0.15) is 11.3 Å². The first-order valence-corrected chi connectivity index (χ1v) is 9.74. The van der Waals surface area contributed by atoms with Gasteiger partial charge in [0.05, 0.1) is 17.0 Å². The molecule has 0 unspecified atom stereocenters. The number of aryl methyl sites for hydroxylation is 1. The molecule has 0 radical (unpaired) electrons. The molecule has 5 rings (SSSR count). The van der Waals surface area contributed by atoms with Gasteiger partial charge < -0.3 is 14.4 Å². The van der Waals surface area contributed by atoms with Gasteiger partial charge in [0.25, 0.3) is 5.91 Å². The fraction of sp³-hybridized carbons (Fsp3) is 0.120. The van der Waals surface area contributed by atoms with E-state index < -0.39 is 6.04 Å². The van der Waals surface area contributed by atoms with E-state index in [-0.39, 0.29) is 22.8 Å². The number of amides is 1. The molecule has 0 spiro atoms. The van der Waals surface area contributed by atoms with Gasteiger partial charge in [-0.15, -0.1) is 0 Å². The molecular weight excluding hydrogens is 378 g/mol. The van der Waals surface area contributed by atoms with Gasteiger partial charge in [0.15, 0.2) is 5.43 Å². The van der Waals surface area contributed by atoms with E-state index in [1.807, 2.05) is 31.2 Å². The molecule has 5 nitrogen and oxygen atoms in total. The fourth-order valence-electron chi connectivity index (χ4n) is 4.02. The Morgan fingerprint density at radius 3 is 2.37 bits per heavy atom. The van der Waals surface area contributed by atoms with Crippen LogP contribution in [0, 0.1) is 6.92 Å².